The second kappa shape index (κ2) is 8.08. The van der Waals surface area contributed by atoms with E-state index in [9.17, 15) is 9.59 Å². The first-order valence-electron chi connectivity index (χ1n) is 8.92. The van der Waals surface area contributed by atoms with Crippen molar-refractivity contribution in [2.45, 2.75) is 26.9 Å². The zero-order valence-corrected chi connectivity index (χ0v) is 16.3. The Balaban J connectivity index is 1.77. The van der Waals surface area contributed by atoms with Crippen molar-refractivity contribution in [2.75, 3.05) is 12.4 Å². The molecule has 144 valence electrons. The molecule has 0 aliphatic rings. The number of benzene rings is 2. The highest BCUT2D eigenvalue weighted by molar-refractivity contribution is 5.99. The molecule has 0 fully saturated rings. The first-order chi connectivity index (χ1) is 13.4. The topological polar surface area (TPSA) is 77.5 Å². The number of hydrogen-bond donors (Lipinski definition) is 1. The first kappa shape index (κ1) is 19.4. The number of esters is 1. The van der Waals surface area contributed by atoms with E-state index >= 15 is 0 Å². The van der Waals surface area contributed by atoms with E-state index in [1.807, 2.05) is 37.3 Å². The number of carbonyl (C=O) groups excluding carboxylic acids is 2. The molecule has 1 atom stereocenters. The molecule has 1 unspecified atom stereocenters. The predicted octanol–water partition coefficient (Wildman–Crippen LogP) is 4.04. The van der Waals surface area contributed by atoms with E-state index in [0.29, 0.717) is 22.7 Å². The molecule has 0 radical (unpaired) electrons. The number of nitrogens with zero attached hydrogens (tertiary/aromatic N) is 1. The zero-order chi connectivity index (χ0) is 20.3. The van der Waals surface area contributed by atoms with E-state index in [2.05, 4.69) is 10.3 Å². The number of para-hydroxylation sites is 1. The smallest absolute Gasteiger partial charge is 0.340 e. The minimum atomic E-state index is -0.951. The molecule has 2 aromatic carbocycles. The lowest BCUT2D eigenvalue weighted by Gasteiger charge is -2.15. The quantitative estimate of drug-likeness (QED) is 0.678. The van der Waals surface area contributed by atoms with E-state index in [1.54, 1.807) is 39.2 Å². The van der Waals surface area contributed by atoms with E-state index < -0.39 is 18.0 Å². The Morgan fingerprint density at radius 2 is 1.82 bits per heavy atom. The minimum Gasteiger partial charge on any atom is -0.497 e. The monoisotopic (exact) mass is 378 g/mol. The SMILES string of the molecule is COc1ccc2nc(C)c(C(=O)OC(C)C(=O)Nc3ccccc3C)cc2c1. The predicted molar refractivity (Wildman–Crippen MR) is 108 cm³/mol. The van der Waals surface area contributed by atoms with Crippen LogP contribution in [0, 0.1) is 13.8 Å². The van der Waals surface area contributed by atoms with Gasteiger partial charge in [-0.3, -0.25) is 9.78 Å². The maximum atomic E-state index is 12.6. The summed E-state index contributed by atoms with van der Waals surface area (Å²) in [5.41, 5.74) is 3.22. The van der Waals surface area contributed by atoms with Crippen molar-refractivity contribution >= 4 is 28.5 Å². The lowest BCUT2D eigenvalue weighted by Crippen LogP contribution is -2.30. The molecule has 1 N–H and O–H groups in total. The van der Waals surface area contributed by atoms with Crippen LogP contribution in [0.15, 0.2) is 48.5 Å². The average Bonchev–Trinajstić information content (AvgIpc) is 2.68. The fourth-order valence-electron chi connectivity index (χ4n) is 2.81. The Morgan fingerprint density at radius 3 is 2.54 bits per heavy atom. The highest BCUT2D eigenvalue weighted by Gasteiger charge is 2.21. The number of anilines is 1. The zero-order valence-electron chi connectivity index (χ0n) is 16.3. The molecule has 1 aromatic heterocycles. The van der Waals surface area contributed by atoms with Crippen LogP contribution in [-0.4, -0.2) is 30.1 Å². The van der Waals surface area contributed by atoms with Gasteiger partial charge in [0.2, 0.25) is 0 Å². The number of hydrogen-bond acceptors (Lipinski definition) is 5. The molecule has 3 aromatic rings. The fraction of sp³-hybridized carbons (Fsp3) is 0.227. The van der Waals surface area contributed by atoms with Crippen LogP contribution in [0.2, 0.25) is 0 Å². The second-order valence-corrected chi connectivity index (χ2v) is 6.53. The third-order valence-electron chi connectivity index (χ3n) is 4.49. The number of amides is 1. The van der Waals surface area contributed by atoms with Crippen molar-refractivity contribution in [3.63, 3.8) is 0 Å². The maximum Gasteiger partial charge on any atom is 0.340 e. The van der Waals surface area contributed by atoms with E-state index in [1.165, 1.54) is 0 Å². The van der Waals surface area contributed by atoms with E-state index in [-0.39, 0.29) is 0 Å². The molecule has 0 bridgehead atoms. The molecule has 1 amide bonds. The van der Waals surface area contributed by atoms with Gasteiger partial charge >= 0.3 is 5.97 Å². The van der Waals surface area contributed by atoms with Crippen molar-refractivity contribution < 1.29 is 19.1 Å². The summed E-state index contributed by atoms with van der Waals surface area (Å²) in [6.07, 6.45) is -0.951. The van der Waals surface area contributed by atoms with Crippen molar-refractivity contribution in [1.82, 2.24) is 4.98 Å². The number of aryl methyl sites for hydroxylation is 2. The third kappa shape index (κ3) is 4.11. The molecule has 0 spiro atoms. The van der Waals surface area contributed by atoms with Crippen LogP contribution in [0.1, 0.15) is 28.5 Å². The Bertz CT molecular complexity index is 1050. The Morgan fingerprint density at radius 1 is 1.07 bits per heavy atom. The van der Waals surface area contributed by atoms with Crippen LogP contribution >= 0.6 is 0 Å². The standard InChI is InChI=1S/C22H22N2O4/c1-13-7-5-6-8-19(13)24-21(25)15(3)28-22(26)18-12-16-11-17(27-4)9-10-20(16)23-14(18)2/h5-12,15H,1-4H3,(H,24,25). The van der Waals surface area contributed by atoms with Crippen LogP contribution in [0.5, 0.6) is 5.75 Å². The molecular weight excluding hydrogens is 356 g/mol. The largest absolute Gasteiger partial charge is 0.497 e. The van der Waals surface area contributed by atoms with Crippen molar-refractivity contribution in [2.24, 2.45) is 0 Å². The lowest BCUT2D eigenvalue weighted by molar-refractivity contribution is -0.123. The summed E-state index contributed by atoms with van der Waals surface area (Å²) in [6, 6.07) is 14.6. The summed E-state index contributed by atoms with van der Waals surface area (Å²) in [7, 11) is 1.58. The second-order valence-electron chi connectivity index (χ2n) is 6.53. The first-order valence-corrected chi connectivity index (χ1v) is 8.92. The van der Waals surface area contributed by atoms with Crippen molar-refractivity contribution in [3.8, 4) is 5.75 Å². The third-order valence-corrected chi connectivity index (χ3v) is 4.49. The molecule has 6 heteroatoms. The molecule has 0 aliphatic carbocycles. The number of ether oxygens (including phenoxy) is 2. The van der Waals surface area contributed by atoms with Gasteiger partial charge in [0.15, 0.2) is 6.10 Å². The number of carbonyl (C=O) groups is 2. The van der Waals surface area contributed by atoms with E-state index in [0.717, 1.165) is 16.5 Å². The van der Waals surface area contributed by atoms with Crippen molar-refractivity contribution in [3.05, 3.63) is 65.4 Å². The van der Waals surface area contributed by atoms with Gasteiger partial charge in [0.25, 0.3) is 5.91 Å². The number of aromatic nitrogens is 1. The summed E-state index contributed by atoms with van der Waals surface area (Å²) in [6.45, 7) is 5.17. The van der Waals surface area contributed by atoms with Crippen molar-refractivity contribution in [1.29, 1.82) is 0 Å². The summed E-state index contributed by atoms with van der Waals surface area (Å²) >= 11 is 0. The normalized spacial score (nSPS) is 11.7. The van der Waals surface area contributed by atoms with Gasteiger partial charge in [-0.15, -0.1) is 0 Å². The molecule has 0 saturated heterocycles. The number of nitrogens with one attached hydrogen (secondary N) is 1. The number of rotatable bonds is 5. The molecular formula is C22H22N2O4. The Hall–Kier alpha value is -3.41. The fourth-order valence-corrected chi connectivity index (χ4v) is 2.81. The van der Waals surface area contributed by atoms with Gasteiger partial charge in [0, 0.05) is 11.1 Å². The number of fused-ring (bicyclic) bond motifs is 1. The number of pyridine rings is 1. The molecule has 1 heterocycles. The summed E-state index contributed by atoms with van der Waals surface area (Å²) < 4.78 is 10.6. The van der Waals surface area contributed by atoms with Crippen LogP contribution in [-0.2, 0) is 9.53 Å². The molecule has 6 nitrogen and oxygen atoms in total. The van der Waals surface area contributed by atoms with Gasteiger partial charge in [-0.25, -0.2) is 4.79 Å². The minimum absolute atomic E-state index is 0.316. The van der Waals surface area contributed by atoms with Crippen LogP contribution in [0.3, 0.4) is 0 Å². The molecule has 3 rings (SSSR count). The number of methoxy groups -OCH3 is 1. The summed E-state index contributed by atoms with van der Waals surface area (Å²) in [5.74, 6) is -0.318. The van der Waals surface area contributed by atoms with Gasteiger partial charge in [-0.1, -0.05) is 18.2 Å². The van der Waals surface area contributed by atoms with Crippen LogP contribution < -0.4 is 10.1 Å². The lowest BCUT2D eigenvalue weighted by atomic mass is 10.1. The van der Waals surface area contributed by atoms with Gasteiger partial charge in [-0.05, 0) is 56.7 Å². The molecule has 0 saturated carbocycles. The summed E-state index contributed by atoms with van der Waals surface area (Å²) in [4.78, 5) is 29.5. The molecule has 28 heavy (non-hydrogen) atoms. The summed E-state index contributed by atoms with van der Waals surface area (Å²) in [5, 5.41) is 3.54. The van der Waals surface area contributed by atoms with Gasteiger partial charge in [-0.2, -0.15) is 0 Å². The Labute approximate surface area is 163 Å². The highest BCUT2D eigenvalue weighted by Crippen LogP contribution is 2.23. The van der Waals surface area contributed by atoms with Gasteiger partial charge in [0.05, 0.1) is 23.9 Å². The van der Waals surface area contributed by atoms with Crippen LogP contribution in [0.4, 0.5) is 5.69 Å². The van der Waals surface area contributed by atoms with Crippen LogP contribution in [0.25, 0.3) is 10.9 Å². The average molecular weight is 378 g/mol. The molecule has 0 aliphatic heterocycles. The Kier molecular flexibility index (Phi) is 5.59. The van der Waals surface area contributed by atoms with E-state index in [4.69, 9.17) is 9.47 Å². The maximum absolute atomic E-state index is 12.6. The van der Waals surface area contributed by atoms with Gasteiger partial charge < -0.3 is 14.8 Å². The highest BCUT2D eigenvalue weighted by atomic mass is 16.5. The van der Waals surface area contributed by atoms with Gasteiger partial charge in [0.1, 0.15) is 5.75 Å².